The van der Waals surface area contributed by atoms with Crippen molar-refractivity contribution < 1.29 is 14.7 Å². The fourth-order valence-corrected chi connectivity index (χ4v) is 6.09. The summed E-state index contributed by atoms with van der Waals surface area (Å²) in [6, 6.07) is 18.3. The third-order valence-corrected chi connectivity index (χ3v) is 7.68. The highest BCUT2D eigenvalue weighted by molar-refractivity contribution is 6.06. The lowest BCUT2D eigenvalue weighted by molar-refractivity contribution is -0.183. The molecule has 0 bridgehead atoms. The van der Waals surface area contributed by atoms with Crippen LogP contribution < -0.4 is 0 Å². The Hall–Kier alpha value is -2.54. The Kier molecular flexibility index (Phi) is 4.32. The molecule has 160 valence electrons. The van der Waals surface area contributed by atoms with E-state index in [4.69, 9.17) is 0 Å². The van der Waals surface area contributed by atoms with E-state index in [9.17, 15) is 14.7 Å². The number of fused-ring (bicyclic) bond motifs is 3. The topological polar surface area (TPSA) is 64.1 Å². The number of aliphatic hydroxyl groups is 1. The zero-order chi connectivity index (χ0) is 21.2. The number of likely N-dealkylation sites (tertiary alicyclic amines) is 1. The highest BCUT2D eigenvalue weighted by Gasteiger charge is 2.65. The van der Waals surface area contributed by atoms with Gasteiger partial charge in [0, 0.05) is 25.7 Å². The number of aliphatic hydroxyl groups excluding tert-OH is 1. The number of rotatable bonds is 3. The predicted octanol–water partition coefficient (Wildman–Crippen LogP) is 1.21. The monoisotopic (exact) mass is 417 g/mol. The van der Waals surface area contributed by atoms with E-state index in [1.807, 2.05) is 35.2 Å². The number of carbonyl (C=O) groups is 2. The lowest BCUT2D eigenvalue weighted by Crippen LogP contribution is -2.82. The number of imide groups is 1. The van der Waals surface area contributed by atoms with Crippen LogP contribution >= 0.6 is 0 Å². The van der Waals surface area contributed by atoms with E-state index in [1.165, 1.54) is 16.0 Å². The van der Waals surface area contributed by atoms with Gasteiger partial charge in [-0.1, -0.05) is 54.6 Å². The lowest BCUT2D eigenvalue weighted by atomic mass is 9.81. The summed E-state index contributed by atoms with van der Waals surface area (Å²) in [5, 5.41) is 10.4. The Morgan fingerprint density at radius 3 is 2.26 bits per heavy atom. The lowest BCUT2D eigenvalue weighted by Gasteiger charge is -2.60. The van der Waals surface area contributed by atoms with Gasteiger partial charge in [-0.15, -0.1) is 0 Å². The smallest absolute Gasteiger partial charge is 0.252 e. The Balaban J connectivity index is 1.26. The van der Waals surface area contributed by atoms with Gasteiger partial charge in [-0.2, -0.15) is 0 Å². The number of hydrogen-bond acceptors (Lipinski definition) is 5. The molecule has 4 aliphatic rings. The normalized spacial score (nSPS) is 28.1. The second kappa shape index (κ2) is 6.99. The minimum Gasteiger partial charge on any atom is -0.392 e. The minimum atomic E-state index is -0.695. The molecule has 0 radical (unpaired) electrons. The van der Waals surface area contributed by atoms with Crippen molar-refractivity contribution in [2.45, 2.75) is 49.5 Å². The van der Waals surface area contributed by atoms with Crippen LogP contribution in [0.4, 0.5) is 0 Å². The molecule has 3 fully saturated rings. The molecule has 3 heterocycles. The molecule has 6 rings (SSSR count). The molecule has 6 nitrogen and oxygen atoms in total. The summed E-state index contributed by atoms with van der Waals surface area (Å²) in [5.74, 6) is -0.263. The summed E-state index contributed by atoms with van der Waals surface area (Å²) >= 11 is 0. The van der Waals surface area contributed by atoms with E-state index in [0.717, 1.165) is 18.4 Å². The number of β-amino-alcohol motifs (C(OH)–C–C–N with tert-alkyl or cyclic N) is 1. The number of hydrogen-bond donors (Lipinski definition) is 1. The van der Waals surface area contributed by atoms with Gasteiger partial charge in [-0.05, 0) is 36.0 Å². The van der Waals surface area contributed by atoms with E-state index in [-0.39, 0.29) is 11.8 Å². The fraction of sp³-hybridized carbons (Fsp3) is 0.440. The van der Waals surface area contributed by atoms with Gasteiger partial charge < -0.3 is 5.11 Å². The average Bonchev–Trinajstić information content (AvgIpc) is 3.35. The largest absolute Gasteiger partial charge is 0.392 e. The quantitative estimate of drug-likeness (QED) is 0.761. The van der Waals surface area contributed by atoms with Gasteiger partial charge in [0.25, 0.3) is 5.91 Å². The Bertz CT molecular complexity index is 1010. The molecule has 1 N–H and O–H groups in total. The maximum atomic E-state index is 13.7. The molecule has 1 spiro atoms. The maximum Gasteiger partial charge on any atom is 0.252 e. The first-order valence-corrected chi connectivity index (χ1v) is 11.2. The number of benzene rings is 2. The summed E-state index contributed by atoms with van der Waals surface area (Å²) < 4.78 is 0. The molecule has 0 aromatic heterocycles. The van der Waals surface area contributed by atoms with Crippen LogP contribution in [0.1, 0.15) is 23.1 Å². The van der Waals surface area contributed by atoms with Gasteiger partial charge >= 0.3 is 0 Å². The van der Waals surface area contributed by atoms with Gasteiger partial charge in [0.15, 0.2) is 0 Å². The number of piperazine rings is 1. The summed E-state index contributed by atoms with van der Waals surface area (Å²) in [6.07, 6.45) is 1.88. The van der Waals surface area contributed by atoms with Crippen molar-refractivity contribution in [2.24, 2.45) is 0 Å². The molecular formula is C25H27N3O3. The van der Waals surface area contributed by atoms with Crippen molar-refractivity contribution in [1.29, 1.82) is 0 Å². The zero-order valence-corrected chi connectivity index (χ0v) is 17.5. The molecule has 6 heteroatoms. The Morgan fingerprint density at radius 1 is 0.935 bits per heavy atom. The molecule has 31 heavy (non-hydrogen) atoms. The van der Waals surface area contributed by atoms with Crippen LogP contribution in [-0.2, 0) is 29.0 Å². The van der Waals surface area contributed by atoms with Gasteiger partial charge in [0.05, 0.1) is 18.7 Å². The Morgan fingerprint density at radius 2 is 1.58 bits per heavy atom. The van der Waals surface area contributed by atoms with Crippen molar-refractivity contribution in [3.63, 3.8) is 0 Å². The molecular weight excluding hydrogens is 390 g/mol. The molecule has 2 atom stereocenters. The number of carbonyl (C=O) groups excluding carboxylic acids is 2. The summed E-state index contributed by atoms with van der Waals surface area (Å²) in [6.45, 7) is 1.97. The van der Waals surface area contributed by atoms with Gasteiger partial charge in [0.2, 0.25) is 5.91 Å². The predicted molar refractivity (Wildman–Crippen MR) is 115 cm³/mol. The van der Waals surface area contributed by atoms with E-state index in [0.29, 0.717) is 38.6 Å². The van der Waals surface area contributed by atoms with Crippen molar-refractivity contribution >= 4 is 11.8 Å². The summed E-state index contributed by atoms with van der Waals surface area (Å²) in [5.41, 5.74) is 3.06. The van der Waals surface area contributed by atoms with E-state index < -0.39 is 17.7 Å². The molecule has 1 aliphatic carbocycles. The average molecular weight is 418 g/mol. The first kappa shape index (κ1) is 19.2. The van der Waals surface area contributed by atoms with Crippen LogP contribution in [0, 0.1) is 0 Å². The standard InChI is InChI=1S/C25H27N3O3/c29-21-12-22-23(30)27(13-17-6-2-1-3-7-17)24(31)25(28(22)14-21)15-26(16-25)20-10-18-8-4-5-9-19(18)11-20/h1-9,20-22,29H,10-16H2/t21-,22+/m1/s1. The molecule has 2 amide bonds. The van der Waals surface area contributed by atoms with Crippen molar-refractivity contribution in [1.82, 2.24) is 14.7 Å². The van der Waals surface area contributed by atoms with E-state index in [1.54, 1.807) is 0 Å². The third kappa shape index (κ3) is 2.89. The molecule has 3 saturated heterocycles. The van der Waals surface area contributed by atoms with Crippen LogP contribution in [0.5, 0.6) is 0 Å². The minimum absolute atomic E-state index is 0.0986. The molecule has 0 unspecified atom stereocenters. The fourth-order valence-electron chi connectivity index (χ4n) is 6.09. The van der Waals surface area contributed by atoms with Crippen molar-refractivity contribution in [3.8, 4) is 0 Å². The van der Waals surface area contributed by atoms with Gasteiger partial charge in [-0.3, -0.25) is 24.3 Å². The van der Waals surface area contributed by atoms with Crippen LogP contribution in [0.15, 0.2) is 54.6 Å². The first-order valence-electron chi connectivity index (χ1n) is 11.2. The van der Waals surface area contributed by atoms with Crippen LogP contribution in [0.2, 0.25) is 0 Å². The SMILES string of the molecule is O=C1[C@@H]2C[C@@H](O)CN2C2(CN(C3Cc4ccccc4C3)C2)C(=O)N1Cc1ccccc1. The highest BCUT2D eigenvalue weighted by Crippen LogP contribution is 2.43. The summed E-state index contributed by atoms with van der Waals surface area (Å²) in [4.78, 5) is 32.8. The third-order valence-electron chi connectivity index (χ3n) is 7.68. The van der Waals surface area contributed by atoms with E-state index in [2.05, 4.69) is 29.2 Å². The maximum absolute atomic E-state index is 13.7. The number of nitrogens with zero attached hydrogens (tertiary/aromatic N) is 3. The van der Waals surface area contributed by atoms with Gasteiger partial charge in [-0.25, -0.2) is 0 Å². The molecule has 2 aromatic rings. The zero-order valence-electron chi connectivity index (χ0n) is 17.5. The second-order valence-electron chi connectivity index (χ2n) is 9.54. The molecule has 2 aromatic carbocycles. The Labute approximate surface area is 182 Å². The van der Waals surface area contributed by atoms with Gasteiger partial charge in [0.1, 0.15) is 5.54 Å². The van der Waals surface area contributed by atoms with Crippen molar-refractivity contribution in [3.05, 3.63) is 71.3 Å². The van der Waals surface area contributed by atoms with Crippen LogP contribution in [0.25, 0.3) is 0 Å². The van der Waals surface area contributed by atoms with Crippen LogP contribution in [-0.4, -0.2) is 75.0 Å². The first-order chi connectivity index (χ1) is 15.0. The van der Waals surface area contributed by atoms with Crippen molar-refractivity contribution in [2.75, 3.05) is 19.6 Å². The second-order valence-corrected chi connectivity index (χ2v) is 9.54. The summed E-state index contributed by atoms with van der Waals surface area (Å²) in [7, 11) is 0. The van der Waals surface area contributed by atoms with E-state index >= 15 is 0 Å². The highest BCUT2D eigenvalue weighted by atomic mass is 16.3. The molecule has 3 aliphatic heterocycles. The number of amides is 2. The van der Waals surface area contributed by atoms with Crippen LogP contribution in [0.3, 0.4) is 0 Å². The molecule has 0 saturated carbocycles.